The third kappa shape index (κ3) is 3.13. The Balaban J connectivity index is 1.40. The van der Waals surface area contributed by atoms with E-state index in [-0.39, 0.29) is 5.41 Å². The molecule has 4 aliphatic rings. The molecule has 0 bridgehead atoms. The zero-order chi connectivity index (χ0) is 23.0. The highest BCUT2D eigenvalue weighted by Crippen LogP contribution is 2.60. The van der Waals surface area contributed by atoms with Crippen molar-refractivity contribution in [1.29, 1.82) is 0 Å². The fourth-order valence-electron chi connectivity index (χ4n) is 7.06. The van der Waals surface area contributed by atoms with Gasteiger partial charge in [0.25, 0.3) is 0 Å². The molecule has 1 aromatic carbocycles. The normalized spacial score (nSPS) is 35.9. The van der Waals surface area contributed by atoms with E-state index < -0.39 is 17.8 Å². The van der Waals surface area contributed by atoms with Crippen LogP contribution in [0.2, 0.25) is 0 Å². The number of hydrogen-bond acceptors (Lipinski definition) is 5. The number of rotatable bonds is 1. The average molecular weight is 445 g/mol. The maximum atomic E-state index is 11.4. The lowest BCUT2D eigenvalue weighted by Gasteiger charge is -2.43. The Hall–Kier alpha value is -2.47. The van der Waals surface area contributed by atoms with Crippen molar-refractivity contribution < 1.29 is 15.3 Å². The summed E-state index contributed by atoms with van der Waals surface area (Å²) in [5.74, 6) is 0.843. The summed E-state index contributed by atoms with van der Waals surface area (Å²) in [7, 11) is 0. The lowest BCUT2D eigenvalue weighted by molar-refractivity contribution is 0.00863. The van der Waals surface area contributed by atoms with Crippen LogP contribution in [0.3, 0.4) is 0 Å². The summed E-state index contributed by atoms with van der Waals surface area (Å²) in [6, 6.07) is 8.38. The summed E-state index contributed by atoms with van der Waals surface area (Å²) < 4.78 is 0. The second-order valence-electron chi connectivity index (χ2n) is 10.8. The van der Waals surface area contributed by atoms with Gasteiger partial charge in [-0.25, -0.2) is 4.98 Å². The highest BCUT2D eigenvalue weighted by atomic mass is 16.3. The average Bonchev–Trinajstić information content (AvgIpc) is 3.04. The molecule has 0 amide bonds. The molecule has 2 aromatic rings. The number of nitrogens with zero attached hydrogens (tertiary/aromatic N) is 1. The summed E-state index contributed by atoms with van der Waals surface area (Å²) in [5, 5.41) is 35.0. The van der Waals surface area contributed by atoms with Gasteiger partial charge in [0.15, 0.2) is 0 Å². The summed E-state index contributed by atoms with van der Waals surface area (Å²) in [4.78, 5) is 4.26. The van der Waals surface area contributed by atoms with Gasteiger partial charge in [0.05, 0.1) is 17.8 Å². The van der Waals surface area contributed by atoms with Gasteiger partial charge in [0.2, 0.25) is 0 Å². The molecule has 5 nitrogen and oxygen atoms in total. The number of hydrogen-bond donors (Lipinski definition) is 4. The number of nitrogens with two attached hydrogens (primary N) is 1. The van der Waals surface area contributed by atoms with E-state index in [2.05, 4.69) is 36.2 Å². The predicted molar refractivity (Wildman–Crippen MR) is 130 cm³/mol. The molecule has 1 aromatic heterocycles. The van der Waals surface area contributed by atoms with Gasteiger partial charge < -0.3 is 21.1 Å². The van der Waals surface area contributed by atoms with Crippen LogP contribution in [-0.4, -0.2) is 38.1 Å². The molecular formula is C28H32N2O3. The van der Waals surface area contributed by atoms with Gasteiger partial charge in [-0.15, -0.1) is 0 Å². The first kappa shape index (κ1) is 21.1. The third-order valence-corrected chi connectivity index (χ3v) is 8.90. The Morgan fingerprint density at radius 3 is 2.85 bits per heavy atom. The zero-order valence-corrected chi connectivity index (χ0v) is 19.1. The number of nitrogen functional groups attached to an aromatic ring is 1. The molecule has 5 heteroatoms. The van der Waals surface area contributed by atoms with Gasteiger partial charge in [-0.05, 0) is 90.7 Å². The van der Waals surface area contributed by atoms with Crippen LogP contribution in [0.5, 0.6) is 0 Å². The number of allylic oxidation sites excluding steroid dienone is 3. The smallest absolute Gasteiger partial charge is 0.131 e. The van der Waals surface area contributed by atoms with E-state index >= 15 is 0 Å². The summed E-state index contributed by atoms with van der Waals surface area (Å²) in [6.07, 6.45) is 9.88. The fourth-order valence-corrected chi connectivity index (χ4v) is 7.06. The number of aliphatic hydroxyl groups is 3. The second-order valence-corrected chi connectivity index (χ2v) is 10.8. The summed E-state index contributed by atoms with van der Waals surface area (Å²) in [6.45, 7) is 2.28. The van der Waals surface area contributed by atoms with E-state index in [0.717, 1.165) is 40.3 Å². The van der Waals surface area contributed by atoms with Gasteiger partial charge in [-0.3, -0.25) is 0 Å². The fraction of sp³-hybridized carbons (Fsp3) is 0.464. The van der Waals surface area contributed by atoms with Gasteiger partial charge >= 0.3 is 0 Å². The van der Waals surface area contributed by atoms with E-state index in [4.69, 9.17) is 5.73 Å². The molecule has 1 fully saturated rings. The lowest BCUT2D eigenvalue weighted by atomic mass is 9.61. The molecule has 5 N–H and O–H groups in total. The SMILES string of the molecule is CC12CC(O)C3=C(CC[C@@]4(O)CCC(O)CC4=C3)C1CC=C2c1ccc2ccnc(N)c2c1. The van der Waals surface area contributed by atoms with E-state index in [1.54, 1.807) is 6.20 Å². The van der Waals surface area contributed by atoms with Crippen LogP contribution in [0.1, 0.15) is 57.4 Å². The molecule has 172 valence electrons. The molecule has 4 aliphatic carbocycles. The molecule has 0 aliphatic heterocycles. The molecule has 1 heterocycles. The molecule has 1 saturated carbocycles. The first-order valence-electron chi connectivity index (χ1n) is 12.2. The first-order chi connectivity index (χ1) is 15.8. The topological polar surface area (TPSA) is 99.6 Å². The van der Waals surface area contributed by atoms with Crippen molar-refractivity contribution >= 4 is 22.2 Å². The van der Waals surface area contributed by atoms with E-state index in [9.17, 15) is 15.3 Å². The van der Waals surface area contributed by atoms with Crippen molar-refractivity contribution in [3.63, 3.8) is 0 Å². The van der Waals surface area contributed by atoms with Crippen LogP contribution in [0.4, 0.5) is 5.82 Å². The van der Waals surface area contributed by atoms with Crippen molar-refractivity contribution in [1.82, 2.24) is 4.98 Å². The number of aliphatic hydroxyl groups excluding tert-OH is 2. The summed E-state index contributed by atoms with van der Waals surface area (Å²) in [5.41, 5.74) is 10.7. The quantitative estimate of drug-likeness (QED) is 0.526. The minimum absolute atomic E-state index is 0.181. The zero-order valence-electron chi connectivity index (χ0n) is 19.1. The maximum absolute atomic E-state index is 11.4. The Labute approximate surface area is 194 Å². The van der Waals surface area contributed by atoms with Gasteiger partial charge in [0.1, 0.15) is 5.82 Å². The lowest BCUT2D eigenvalue weighted by Crippen LogP contribution is -2.38. The van der Waals surface area contributed by atoms with Crippen molar-refractivity contribution in [2.75, 3.05) is 5.73 Å². The van der Waals surface area contributed by atoms with Crippen molar-refractivity contribution in [3.8, 4) is 0 Å². The van der Waals surface area contributed by atoms with E-state index in [1.807, 2.05) is 12.1 Å². The molecular weight excluding hydrogens is 412 g/mol. The highest BCUT2D eigenvalue weighted by Gasteiger charge is 2.50. The first-order valence-corrected chi connectivity index (χ1v) is 12.2. The van der Waals surface area contributed by atoms with Crippen molar-refractivity contribution in [3.05, 3.63) is 64.9 Å². The molecule has 4 unspecified atom stereocenters. The van der Waals surface area contributed by atoms with Crippen LogP contribution in [0.25, 0.3) is 16.3 Å². The molecule has 33 heavy (non-hydrogen) atoms. The largest absolute Gasteiger partial charge is 0.393 e. The third-order valence-electron chi connectivity index (χ3n) is 8.90. The highest BCUT2D eigenvalue weighted by molar-refractivity contribution is 5.94. The monoisotopic (exact) mass is 444 g/mol. The number of benzene rings is 1. The molecule has 0 saturated heterocycles. The van der Waals surface area contributed by atoms with Crippen LogP contribution >= 0.6 is 0 Å². The summed E-state index contributed by atoms with van der Waals surface area (Å²) >= 11 is 0. The molecule has 0 radical (unpaired) electrons. The van der Waals surface area contributed by atoms with Crippen molar-refractivity contribution in [2.24, 2.45) is 11.3 Å². The van der Waals surface area contributed by atoms with Crippen LogP contribution < -0.4 is 5.73 Å². The Bertz CT molecular complexity index is 1240. The number of pyridine rings is 1. The number of fused-ring (bicyclic) bond motifs is 4. The Kier molecular flexibility index (Phi) is 4.64. The Morgan fingerprint density at radius 2 is 2.00 bits per heavy atom. The van der Waals surface area contributed by atoms with Crippen LogP contribution in [0, 0.1) is 11.3 Å². The van der Waals surface area contributed by atoms with Crippen LogP contribution in [-0.2, 0) is 0 Å². The Morgan fingerprint density at radius 1 is 1.15 bits per heavy atom. The minimum Gasteiger partial charge on any atom is -0.393 e. The number of aromatic nitrogens is 1. The van der Waals surface area contributed by atoms with E-state index in [1.165, 1.54) is 11.1 Å². The van der Waals surface area contributed by atoms with Gasteiger partial charge in [-0.2, -0.15) is 0 Å². The number of anilines is 1. The minimum atomic E-state index is -0.857. The molecule has 6 rings (SSSR count). The predicted octanol–water partition coefficient (Wildman–Crippen LogP) is 4.28. The molecule has 0 spiro atoms. The molecule has 5 atom stereocenters. The standard InChI is InChI=1S/C28H32N2O3/c1-27-15-25(32)22-14-18-13-19(31)6-9-28(18,33)10-7-20(22)24(27)5-4-23(27)17-3-2-16-8-11-30-26(29)21(16)12-17/h2-4,8,11-12,14,19,24-25,31-33H,5-7,9-10,13,15H2,1H3,(H2,29,30)/t19?,24?,25?,27?,28-/m0/s1. The van der Waals surface area contributed by atoms with E-state index in [0.29, 0.717) is 43.8 Å². The van der Waals surface area contributed by atoms with Gasteiger partial charge in [-0.1, -0.05) is 36.8 Å². The maximum Gasteiger partial charge on any atom is 0.131 e. The van der Waals surface area contributed by atoms with Crippen LogP contribution in [0.15, 0.2) is 59.3 Å². The van der Waals surface area contributed by atoms with Crippen molar-refractivity contribution in [2.45, 2.75) is 69.7 Å². The van der Waals surface area contributed by atoms with Gasteiger partial charge in [0, 0.05) is 17.0 Å². The second kappa shape index (κ2) is 7.26.